The molecule has 1 aromatic carbocycles. The van der Waals surface area contributed by atoms with Crippen LogP contribution < -0.4 is 5.32 Å². The molecule has 0 aliphatic heterocycles. The summed E-state index contributed by atoms with van der Waals surface area (Å²) in [5.41, 5.74) is 0.783. The van der Waals surface area contributed by atoms with Gasteiger partial charge in [-0.1, -0.05) is 18.7 Å². The Hall–Kier alpha value is -1.09. The van der Waals surface area contributed by atoms with Gasteiger partial charge in [0, 0.05) is 15.7 Å². The molecule has 0 aliphatic rings. The molecular formula is C12H12IN3O2S. The second kappa shape index (κ2) is 6.90. The van der Waals surface area contributed by atoms with Crippen molar-refractivity contribution < 1.29 is 9.21 Å². The molecule has 19 heavy (non-hydrogen) atoms. The van der Waals surface area contributed by atoms with Crippen LogP contribution in [0.25, 0.3) is 0 Å². The van der Waals surface area contributed by atoms with Crippen LogP contribution >= 0.6 is 34.4 Å². The molecule has 0 spiro atoms. The van der Waals surface area contributed by atoms with Crippen LogP contribution in [0.4, 0.5) is 5.69 Å². The first-order chi connectivity index (χ1) is 9.17. The van der Waals surface area contributed by atoms with Crippen LogP contribution in [0, 0.1) is 3.57 Å². The molecule has 2 rings (SSSR count). The number of carbonyl (C=O) groups is 1. The third-order valence-corrected chi connectivity index (χ3v) is 3.74. The van der Waals surface area contributed by atoms with Gasteiger partial charge in [-0.2, -0.15) is 0 Å². The first kappa shape index (κ1) is 14.3. The zero-order valence-corrected chi connectivity index (χ0v) is 13.2. The number of hydrogen-bond acceptors (Lipinski definition) is 5. The molecule has 7 heteroatoms. The van der Waals surface area contributed by atoms with Gasteiger partial charge in [0.15, 0.2) is 0 Å². The highest BCUT2D eigenvalue weighted by Gasteiger charge is 2.08. The summed E-state index contributed by atoms with van der Waals surface area (Å²) in [4.78, 5) is 11.7. The molecule has 0 fully saturated rings. The van der Waals surface area contributed by atoms with Gasteiger partial charge >= 0.3 is 0 Å². The van der Waals surface area contributed by atoms with Gasteiger partial charge < -0.3 is 9.73 Å². The third kappa shape index (κ3) is 4.50. The van der Waals surface area contributed by atoms with Gasteiger partial charge in [-0.05, 0) is 46.9 Å². The van der Waals surface area contributed by atoms with Gasteiger partial charge in [0.05, 0.1) is 5.75 Å². The monoisotopic (exact) mass is 389 g/mol. The number of rotatable bonds is 5. The molecule has 5 nitrogen and oxygen atoms in total. The number of benzene rings is 1. The van der Waals surface area contributed by atoms with Crippen LogP contribution in [0.1, 0.15) is 12.8 Å². The number of carbonyl (C=O) groups excluding carboxylic acids is 1. The average molecular weight is 389 g/mol. The van der Waals surface area contributed by atoms with Crippen molar-refractivity contribution in [3.63, 3.8) is 0 Å². The molecule has 1 heterocycles. The minimum absolute atomic E-state index is 0.0949. The lowest BCUT2D eigenvalue weighted by Crippen LogP contribution is -2.13. The number of aromatic nitrogens is 2. The minimum Gasteiger partial charge on any atom is -0.416 e. The van der Waals surface area contributed by atoms with E-state index in [0.717, 1.165) is 9.26 Å². The van der Waals surface area contributed by atoms with Gasteiger partial charge in [0.1, 0.15) is 0 Å². The van der Waals surface area contributed by atoms with Crippen molar-refractivity contribution in [1.82, 2.24) is 10.2 Å². The van der Waals surface area contributed by atoms with Crippen molar-refractivity contribution in [1.29, 1.82) is 0 Å². The number of halogens is 1. The maximum atomic E-state index is 11.7. The molecule has 0 saturated heterocycles. The molecule has 0 bridgehead atoms. The number of thioether (sulfide) groups is 1. The number of anilines is 1. The molecule has 0 aliphatic carbocycles. The van der Waals surface area contributed by atoms with E-state index >= 15 is 0 Å². The van der Waals surface area contributed by atoms with E-state index in [2.05, 4.69) is 38.1 Å². The summed E-state index contributed by atoms with van der Waals surface area (Å²) in [7, 11) is 0. The van der Waals surface area contributed by atoms with Gasteiger partial charge in [0.2, 0.25) is 11.8 Å². The fraction of sp³-hybridized carbons (Fsp3) is 0.250. The largest absolute Gasteiger partial charge is 0.416 e. The van der Waals surface area contributed by atoms with Gasteiger partial charge in [-0.15, -0.1) is 10.2 Å². The molecule has 0 unspecified atom stereocenters. The lowest BCUT2D eigenvalue weighted by molar-refractivity contribution is -0.113. The average Bonchev–Trinajstić information content (AvgIpc) is 2.87. The standard InChI is InChI=1S/C12H12IN3O2S/c1-2-11-15-16-12(18-11)19-7-10(17)14-9-5-3-8(13)4-6-9/h3-6H,2,7H2,1H3,(H,14,17). The summed E-state index contributed by atoms with van der Waals surface area (Å²) in [6, 6.07) is 7.61. The smallest absolute Gasteiger partial charge is 0.277 e. The summed E-state index contributed by atoms with van der Waals surface area (Å²) in [5, 5.41) is 10.9. The van der Waals surface area contributed by atoms with Gasteiger partial charge in [-0.25, -0.2) is 0 Å². The highest BCUT2D eigenvalue weighted by molar-refractivity contribution is 14.1. The lowest BCUT2D eigenvalue weighted by Gasteiger charge is -2.03. The van der Waals surface area contributed by atoms with E-state index < -0.39 is 0 Å². The van der Waals surface area contributed by atoms with E-state index in [0.29, 0.717) is 17.5 Å². The Morgan fingerprint density at radius 2 is 2.11 bits per heavy atom. The highest BCUT2D eigenvalue weighted by atomic mass is 127. The molecule has 100 valence electrons. The Labute approximate surface area is 128 Å². The Morgan fingerprint density at radius 1 is 1.37 bits per heavy atom. The highest BCUT2D eigenvalue weighted by Crippen LogP contribution is 2.17. The first-order valence-electron chi connectivity index (χ1n) is 5.68. The minimum atomic E-state index is -0.0949. The molecule has 1 aromatic heterocycles. The predicted molar refractivity (Wildman–Crippen MR) is 82.2 cm³/mol. The Morgan fingerprint density at radius 3 is 2.74 bits per heavy atom. The van der Waals surface area contributed by atoms with Crippen molar-refractivity contribution in [2.75, 3.05) is 11.1 Å². The maximum absolute atomic E-state index is 11.7. The number of aryl methyl sites for hydroxylation is 1. The summed E-state index contributed by atoms with van der Waals surface area (Å²) in [6.45, 7) is 1.94. The van der Waals surface area contributed by atoms with Crippen LogP contribution in [-0.2, 0) is 11.2 Å². The molecule has 0 radical (unpaired) electrons. The van der Waals surface area contributed by atoms with Crippen molar-refractivity contribution in [2.24, 2.45) is 0 Å². The van der Waals surface area contributed by atoms with E-state index in [1.807, 2.05) is 31.2 Å². The SMILES string of the molecule is CCc1nnc(SCC(=O)Nc2ccc(I)cc2)o1. The quantitative estimate of drug-likeness (QED) is 0.629. The van der Waals surface area contributed by atoms with E-state index in [9.17, 15) is 4.79 Å². The zero-order valence-electron chi connectivity index (χ0n) is 10.2. The van der Waals surface area contributed by atoms with Crippen LogP contribution in [0.3, 0.4) is 0 Å². The fourth-order valence-electron chi connectivity index (χ4n) is 1.30. The Bertz CT molecular complexity index is 556. The fourth-order valence-corrected chi connectivity index (χ4v) is 2.24. The summed E-state index contributed by atoms with van der Waals surface area (Å²) in [5.74, 6) is 0.736. The molecule has 2 aromatic rings. The van der Waals surface area contributed by atoms with Crippen molar-refractivity contribution in [2.45, 2.75) is 18.6 Å². The van der Waals surface area contributed by atoms with E-state index in [-0.39, 0.29) is 11.7 Å². The number of amides is 1. The van der Waals surface area contributed by atoms with Crippen LogP contribution in [0.2, 0.25) is 0 Å². The second-order valence-electron chi connectivity index (χ2n) is 3.66. The topological polar surface area (TPSA) is 68.0 Å². The third-order valence-electron chi connectivity index (χ3n) is 2.21. The van der Waals surface area contributed by atoms with E-state index in [1.54, 1.807) is 0 Å². The van der Waals surface area contributed by atoms with Gasteiger partial charge in [0.25, 0.3) is 5.22 Å². The summed E-state index contributed by atoms with van der Waals surface area (Å²) < 4.78 is 6.44. The predicted octanol–water partition coefficient (Wildman–Crippen LogP) is 2.97. The van der Waals surface area contributed by atoms with Crippen LogP contribution in [0.15, 0.2) is 33.9 Å². The second-order valence-corrected chi connectivity index (χ2v) is 5.83. The number of nitrogens with one attached hydrogen (secondary N) is 1. The summed E-state index contributed by atoms with van der Waals surface area (Å²) in [6.07, 6.45) is 0.697. The maximum Gasteiger partial charge on any atom is 0.277 e. The van der Waals surface area contributed by atoms with E-state index in [1.165, 1.54) is 11.8 Å². The zero-order chi connectivity index (χ0) is 13.7. The van der Waals surface area contributed by atoms with Crippen molar-refractivity contribution in [3.05, 3.63) is 33.7 Å². The van der Waals surface area contributed by atoms with Crippen molar-refractivity contribution >= 4 is 45.9 Å². The molecule has 1 amide bonds. The number of nitrogens with zero attached hydrogens (tertiary/aromatic N) is 2. The summed E-state index contributed by atoms with van der Waals surface area (Å²) >= 11 is 3.45. The molecule has 0 atom stereocenters. The Balaban J connectivity index is 1.82. The Kier molecular flexibility index (Phi) is 5.20. The molecule has 1 N–H and O–H groups in total. The van der Waals surface area contributed by atoms with E-state index in [4.69, 9.17) is 4.42 Å². The lowest BCUT2D eigenvalue weighted by atomic mass is 10.3. The van der Waals surface area contributed by atoms with Crippen molar-refractivity contribution in [3.8, 4) is 0 Å². The van der Waals surface area contributed by atoms with Crippen LogP contribution in [0.5, 0.6) is 0 Å². The van der Waals surface area contributed by atoms with Gasteiger partial charge in [-0.3, -0.25) is 4.79 Å². The molecular weight excluding hydrogens is 377 g/mol. The molecule has 0 saturated carbocycles. The van der Waals surface area contributed by atoms with Crippen LogP contribution in [-0.4, -0.2) is 21.9 Å². The number of hydrogen-bond donors (Lipinski definition) is 1. The first-order valence-corrected chi connectivity index (χ1v) is 7.74. The normalized spacial score (nSPS) is 10.4.